The Balaban J connectivity index is 2.09. The van der Waals surface area contributed by atoms with E-state index in [1.54, 1.807) is 24.4 Å². The van der Waals surface area contributed by atoms with E-state index in [1.165, 1.54) is 23.8 Å². The summed E-state index contributed by atoms with van der Waals surface area (Å²) in [6.07, 6.45) is 3.47. The zero-order valence-electron chi connectivity index (χ0n) is 10.7. The van der Waals surface area contributed by atoms with E-state index in [1.807, 2.05) is 6.07 Å². The van der Waals surface area contributed by atoms with Gasteiger partial charge in [-0.05, 0) is 18.2 Å². The van der Waals surface area contributed by atoms with Gasteiger partial charge in [0.05, 0.1) is 24.1 Å². The molecule has 1 aliphatic heterocycles. The molecule has 0 N–H and O–H groups in total. The van der Waals surface area contributed by atoms with Gasteiger partial charge in [0.25, 0.3) is 5.91 Å². The normalized spacial score (nSPS) is 16.9. The van der Waals surface area contributed by atoms with Crippen LogP contribution in [-0.4, -0.2) is 39.7 Å². The van der Waals surface area contributed by atoms with Crippen LogP contribution in [0, 0.1) is 0 Å². The Labute approximate surface area is 126 Å². The number of nitrogens with zero attached hydrogens (tertiary/aromatic N) is 2. The average Bonchev–Trinajstić information content (AvgIpc) is 2.72. The molecule has 0 spiro atoms. The summed E-state index contributed by atoms with van der Waals surface area (Å²) in [5.41, 5.74) is 0.695. The minimum Gasteiger partial charge on any atom is -0.469 e. The smallest absolute Gasteiger partial charge is 0.307 e. The first-order valence-corrected chi connectivity index (χ1v) is 7.07. The third kappa shape index (κ3) is 3.43. The monoisotopic (exact) mass is 308 g/mol. The SMILES string of the molecule is COC(=O)CCN1C(=O)/C(=C/c2ccccn2)SC1=S. The highest BCUT2D eigenvalue weighted by Gasteiger charge is 2.32. The molecule has 0 aromatic carbocycles. The maximum absolute atomic E-state index is 12.2. The maximum Gasteiger partial charge on any atom is 0.307 e. The van der Waals surface area contributed by atoms with E-state index >= 15 is 0 Å². The van der Waals surface area contributed by atoms with Gasteiger partial charge in [0.1, 0.15) is 4.32 Å². The molecule has 0 saturated carbocycles. The quantitative estimate of drug-likeness (QED) is 0.480. The van der Waals surface area contributed by atoms with Crippen LogP contribution in [0.2, 0.25) is 0 Å². The summed E-state index contributed by atoms with van der Waals surface area (Å²) in [5, 5.41) is 0. The van der Waals surface area contributed by atoms with E-state index in [2.05, 4.69) is 9.72 Å². The van der Waals surface area contributed by atoms with Gasteiger partial charge in [0.15, 0.2) is 0 Å². The van der Waals surface area contributed by atoms with Gasteiger partial charge < -0.3 is 4.74 Å². The van der Waals surface area contributed by atoms with Gasteiger partial charge in [0, 0.05) is 12.7 Å². The molecule has 0 unspecified atom stereocenters. The molecular formula is C13H12N2O3S2. The number of amides is 1. The number of ether oxygens (including phenoxy) is 1. The highest BCUT2D eigenvalue weighted by molar-refractivity contribution is 8.26. The predicted molar refractivity (Wildman–Crippen MR) is 80.7 cm³/mol. The number of carbonyl (C=O) groups is 2. The second-order valence-corrected chi connectivity index (χ2v) is 5.59. The largest absolute Gasteiger partial charge is 0.469 e. The second kappa shape index (κ2) is 6.62. The van der Waals surface area contributed by atoms with Gasteiger partial charge >= 0.3 is 5.97 Å². The molecule has 2 heterocycles. The number of pyridine rings is 1. The number of rotatable bonds is 4. The molecule has 0 radical (unpaired) electrons. The molecule has 2 rings (SSSR count). The van der Waals surface area contributed by atoms with Gasteiger partial charge in [-0.15, -0.1) is 0 Å². The molecule has 1 amide bonds. The highest BCUT2D eigenvalue weighted by Crippen LogP contribution is 2.32. The third-order valence-corrected chi connectivity index (χ3v) is 3.99. The molecular weight excluding hydrogens is 296 g/mol. The van der Waals surface area contributed by atoms with Crippen LogP contribution >= 0.6 is 24.0 Å². The van der Waals surface area contributed by atoms with Gasteiger partial charge in [0.2, 0.25) is 0 Å². The number of hydrogen-bond donors (Lipinski definition) is 0. The van der Waals surface area contributed by atoms with E-state index in [-0.39, 0.29) is 24.8 Å². The molecule has 20 heavy (non-hydrogen) atoms. The minimum absolute atomic E-state index is 0.125. The molecule has 0 atom stereocenters. The van der Waals surface area contributed by atoms with Crippen molar-refractivity contribution in [3.05, 3.63) is 35.0 Å². The molecule has 1 fully saturated rings. The van der Waals surface area contributed by atoms with Crippen molar-refractivity contribution in [1.29, 1.82) is 0 Å². The van der Waals surface area contributed by atoms with Crippen molar-refractivity contribution in [3.63, 3.8) is 0 Å². The lowest BCUT2D eigenvalue weighted by Gasteiger charge is -2.12. The van der Waals surface area contributed by atoms with Crippen molar-refractivity contribution >= 4 is 46.3 Å². The van der Waals surface area contributed by atoms with Gasteiger partial charge in [-0.3, -0.25) is 19.5 Å². The van der Waals surface area contributed by atoms with Crippen molar-refractivity contribution in [3.8, 4) is 0 Å². The third-order valence-electron chi connectivity index (χ3n) is 2.61. The lowest BCUT2D eigenvalue weighted by molar-refractivity contribution is -0.140. The van der Waals surface area contributed by atoms with Crippen molar-refractivity contribution in [2.45, 2.75) is 6.42 Å². The van der Waals surface area contributed by atoms with E-state index in [4.69, 9.17) is 12.2 Å². The van der Waals surface area contributed by atoms with Gasteiger partial charge in [-0.1, -0.05) is 30.0 Å². The Morgan fingerprint density at radius 3 is 3.00 bits per heavy atom. The van der Waals surface area contributed by atoms with Crippen molar-refractivity contribution < 1.29 is 14.3 Å². The predicted octanol–water partition coefficient (Wildman–Crippen LogP) is 1.85. The van der Waals surface area contributed by atoms with E-state index in [0.717, 1.165) is 0 Å². The van der Waals surface area contributed by atoms with Gasteiger partial charge in [-0.2, -0.15) is 0 Å². The number of carbonyl (C=O) groups excluding carboxylic acids is 2. The van der Waals surface area contributed by atoms with E-state index in [0.29, 0.717) is 14.9 Å². The summed E-state index contributed by atoms with van der Waals surface area (Å²) in [5.74, 6) is -0.567. The van der Waals surface area contributed by atoms with Crippen LogP contribution in [0.5, 0.6) is 0 Å². The second-order valence-electron chi connectivity index (χ2n) is 3.91. The molecule has 5 nitrogen and oxygen atoms in total. The lowest BCUT2D eigenvalue weighted by atomic mass is 10.3. The fourth-order valence-electron chi connectivity index (χ4n) is 1.59. The van der Waals surface area contributed by atoms with Crippen LogP contribution in [0.25, 0.3) is 6.08 Å². The molecule has 0 bridgehead atoms. The zero-order chi connectivity index (χ0) is 14.5. The molecule has 104 valence electrons. The summed E-state index contributed by atoms with van der Waals surface area (Å²) in [6, 6.07) is 5.46. The number of thiocarbonyl (C=S) groups is 1. The summed E-state index contributed by atoms with van der Waals surface area (Å²) in [6.45, 7) is 0.233. The van der Waals surface area contributed by atoms with E-state index < -0.39 is 0 Å². The Morgan fingerprint density at radius 2 is 2.35 bits per heavy atom. The van der Waals surface area contributed by atoms with E-state index in [9.17, 15) is 9.59 Å². The van der Waals surface area contributed by atoms with Crippen LogP contribution in [0.1, 0.15) is 12.1 Å². The molecule has 1 saturated heterocycles. The summed E-state index contributed by atoms with van der Waals surface area (Å²) < 4.78 is 5.00. The fraction of sp³-hybridized carbons (Fsp3) is 0.231. The number of aromatic nitrogens is 1. The molecule has 1 aromatic heterocycles. The first-order valence-electron chi connectivity index (χ1n) is 5.85. The van der Waals surface area contributed by atoms with Crippen molar-refractivity contribution in [2.24, 2.45) is 0 Å². The standard InChI is InChI=1S/C13H12N2O3S2/c1-18-11(16)5-7-15-12(17)10(20-13(15)19)8-9-4-2-3-6-14-9/h2-4,6,8H,5,7H2,1H3/b10-8-. The maximum atomic E-state index is 12.2. The molecule has 0 aliphatic carbocycles. The van der Waals surface area contributed by atoms with Crippen molar-refractivity contribution in [1.82, 2.24) is 9.88 Å². The number of esters is 1. The Morgan fingerprint density at radius 1 is 1.55 bits per heavy atom. The summed E-state index contributed by atoms with van der Waals surface area (Å²) >= 11 is 6.37. The lowest BCUT2D eigenvalue weighted by Crippen LogP contribution is -2.30. The zero-order valence-corrected chi connectivity index (χ0v) is 12.4. The van der Waals surface area contributed by atoms with Crippen LogP contribution < -0.4 is 0 Å². The van der Waals surface area contributed by atoms with Crippen LogP contribution in [0.3, 0.4) is 0 Å². The van der Waals surface area contributed by atoms with Crippen LogP contribution in [0.15, 0.2) is 29.3 Å². The number of methoxy groups -OCH3 is 1. The molecule has 7 heteroatoms. The summed E-state index contributed by atoms with van der Waals surface area (Å²) in [7, 11) is 1.31. The minimum atomic E-state index is -0.368. The fourth-order valence-corrected chi connectivity index (χ4v) is 2.89. The Hall–Kier alpha value is -1.73. The first kappa shape index (κ1) is 14.7. The van der Waals surface area contributed by atoms with Crippen molar-refractivity contribution in [2.75, 3.05) is 13.7 Å². The number of hydrogen-bond acceptors (Lipinski definition) is 6. The average molecular weight is 308 g/mol. The first-order chi connectivity index (χ1) is 9.61. The van der Waals surface area contributed by atoms with Crippen LogP contribution in [0.4, 0.5) is 0 Å². The number of thioether (sulfide) groups is 1. The molecule has 1 aliphatic rings. The molecule has 1 aromatic rings. The summed E-state index contributed by atoms with van der Waals surface area (Å²) in [4.78, 5) is 29.4. The highest BCUT2D eigenvalue weighted by atomic mass is 32.2. The Kier molecular flexibility index (Phi) is 4.86. The topological polar surface area (TPSA) is 59.5 Å². The van der Waals surface area contributed by atoms with Gasteiger partial charge in [-0.25, -0.2) is 0 Å². The van der Waals surface area contributed by atoms with Crippen LogP contribution in [-0.2, 0) is 14.3 Å². The Bertz CT molecular complexity index is 572.